The Kier molecular flexibility index (Phi) is 4.85. The van der Waals surface area contributed by atoms with Crippen LogP contribution in [-0.2, 0) is 9.59 Å². The molecule has 5 nitrogen and oxygen atoms in total. The van der Waals surface area contributed by atoms with Crippen LogP contribution in [0.1, 0.15) is 6.42 Å². The lowest BCUT2D eigenvalue weighted by atomic mass is 10.1. The predicted molar refractivity (Wildman–Crippen MR) is 102 cm³/mol. The molecule has 2 amide bonds. The summed E-state index contributed by atoms with van der Waals surface area (Å²) in [4.78, 5) is 29.7. The van der Waals surface area contributed by atoms with Gasteiger partial charge in [0.05, 0.1) is 44.0 Å². The third-order valence-corrected chi connectivity index (χ3v) is 5.54. The van der Waals surface area contributed by atoms with Gasteiger partial charge in [-0.25, -0.2) is 9.29 Å². The molecule has 7 heteroatoms. The van der Waals surface area contributed by atoms with E-state index in [4.69, 9.17) is 11.6 Å². The number of hydrogen-bond donors (Lipinski definition) is 1. The summed E-state index contributed by atoms with van der Waals surface area (Å²) in [7, 11) is 0. The number of para-hydroxylation sites is 1. The number of carbonyl (C=O) groups excluding carboxylic acids is 2. The van der Waals surface area contributed by atoms with Crippen molar-refractivity contribution in [3.63, 3.8) is 0 Å². The van der Waals surface area contributed by atoms with Gasteiger partial charge in [0.25, 0.3) is 5.91 Å². The molecule has 1 N–H and O–H groups in total. The second-order valence-electron chi connectivity index (χ2n) is 6.90. The standard InChI is InChI=1S/C20H19ClFN3O2/c21-14-4-3-5-15(12-14)25-19(26)13-18(20(25)27)24-10-8-23(9-11-24)17-7-2-1-6-16(17)22/h1-7,12,18H,8-11,13H2/p+1/t18-/m0/s1. The monoisotopic (exact) mass is 388 g/mol. The highest BCUT2D eigenvalue weighted by atomic mass is 35.5. The van der Waals surface area contributed by atoms with Crippen LogP contribution >= 0.6 is 11.6 Å². The van der Waals surface area contributed by atoms with Crippen LogP contribution in [0.15, 0.2) is 48.5 Å². The third-order valence-electron chi connectivity index (χ3n) is 5.30. The molecule has 0 radical (unpaired) electrons. The minimum Gasteiger partial charge on any atom is -0.358 e. The quantitative estimate of drug-likeness (QED) is 0.811. The van der Waals surface area contributed by atoms with Crippen LogP contribution in [0.3, 0.4) is 0 Å². The molecule has 27 heavy (non-hydrogen) atoms. The highest BCUT2D eigenvalue weighted by Gasteiger charge is 2.46. The van der Waals surface area contributed by atoms with Crippen molar-refractivity contribution in [2.24, 2.45) is 0 Å². The van der Waals surface area contributed by atoms with Crippen molar-refractivity contribution < 1.29 is 18.9 Å². The van der Waals surface area contributed by atoms with Crippen molar-refractivity contribution in [2.45, 2.75) is 12.5 Å². The first-order chi connectivity index (χ1) is 13.0. The number of imide groups is 1. The van der Waals surface area contributed by atoms with Crippen molar-refractivity contribution in [3.05, 3.63) is 59.4 Å². The summed E-state index contributed by atoms with van der Waals surface area (Å²) in [5.41, 5.74) is 1.11. The SMILES string of the molecule is O=C1C[C@H]([NH+]2CCN(c3ccccc3F)CC2)C(=O)N1c1cccc(Cl)c1. The van der Waals surface area contributed by atoms with Gasteiger partial charge in [0.2, 0.25) is 5.91 Å². The first-order valence-corrected chi connectivity index (χ1v) is 9.39. The predicted octanol–water partition coefficient (Wildman–Crippen LogP) is 1.52. The Bertz CT molecular complexity index is 883. The maximum atomic E-state index is 14.0. The van der Waals surface area contributed by atoms with Gasteiger partial charge in [-0.2, -0.15) is 0 Å². The topological polar surface area (TPSA) is 45.1 Å². The molecule has 2 aliphatic rings. The Morgan fingerprint density at radius 1 is 1.04 bits per heavy atom. The lowest BCUT2D eigenvalue weighted by Gasteiger charge is -2.35. The second-order valence-corrected chi connectivity index (χ2v) is 7.34. The molecule has 2 saturated heterocycles. The maximum Gasteiger partial charge on any atom is 0.292 e. The number of amides is 2. The number of hydrogen-bond acceptors (Lipinski definition) is 3. The van der Waals surface area contributed by atoms with E-state index in [-0.39, 0.29) is 30.1 Å². The molecule has 2 fully saturated rings. The molecule has 0 spiro atoms. The Hall–Kier alpha value is -2.44. The fraction of sp³-hybridized carbons (Fsp3) is 0.300. The molecular formula is C20H20ClFN3O2+. The lowest BCUT2D eigenvalue weighted by Crippen LogP contribution is -3.19. The fourth-order valence-electron chi connectivity index (χ4n) is 3.93. The third kappa shape index (κ3) is 3.42. The summed E-state index contributed by atoms with van der Waals surface area (Å²) < 4.78 is 14.0. The van der Waals surface area contributed by atoms with Crippen molar-refractivity contribution in [1.82, 2.24) is 0 Å². The zero-order chi connectivity index (χ0) is 19.0. The van der Waals surface area contributed by atoms with Gasteiger partial charge in [0.1, 0.15) is 5.82 Å². The Morgan fingerprint density at radius 2 is 1.78 bits per heavy atom. The Balaban J connectivity index is 1.45. The zero-order valence-corrected chi connectivity index (χ0v) is 15.5. The van der Waals surface area contributed by atoms with Gasteiger partial charge in [0.15, 0.2) is 6.04 Å². The van der Waals surface area contributed by atoms with E-state index in [1.807, 2.05) is 11.0 Å². The van der Waals surface area contributed by atoms with E-state index in [1.165, 1.54) is 11.0 Å². The fourth-order valence-corrected chi connectivity index (χ4v) is 4.11. The number of anilines is 2. The number of benzene rings is 2. The average molecular weight is 389 g/mol. The first kappa shape index (κ1) is 17.9. The van der Waals surface area contributed by atoms with Crippen molar-refractivity contribution >= 4 is 34.8 Å². The number of halogens is 2. The molecule has 1 atom stereocenters. The van der Waals surface area contributed by atoms with Gasteiger partial charge in [-0.05, 0) is 30.3 Å². The van der Waals surface area contributed by atoms with Gasteiger partial charge >= 0.3 is 0 Å². The van der Waals surface area contributed by atoms with E-state index in [1.54, 1.807) is 36.4 Å². The number of piperazine rings is 1. The van der Waals surface area contributed by atoms with Crippen molar-refractivity contribution in [3.8, 4) is 0 Å². The van der Waals surface area contributed by atoms with Gasteiger partial charge < -0.3 is 9.80 Å². The average Bonchev–Trinajstić information content (AvgIpc) is 2.96. The number of carbonyl (C=O) groups is 2. The van der Waals surface area contributed by atoms with E-state index in [0.717, 1.165) is 4.90 Å². The van der Waals surface area contributed by atoms with E-state index in [2.05, 4.69) is 0 Å². The maximum absolute atomic E-state index is 14.0. The Morgan fingerprint density at radius 3 is 2.48 bits per heavy atom. The summed E-state index contributed by atoms with van der Waals surface area (Å²) in [6.45, 7) is 2.65. The number of rotatable bonds is 3. The molecule has 0 aromatic heterocycles. The smallest absolute Gasteiger partial charge is 0.292 e. The van der Waals surface area contributed by atoms with Crippen LogP contribution in [0.5, 0.6) is 0 Å². The van der Waals surface area contributed by atoms with Crippen LogP contribution in [0.4, 0.5) is 15.8 Å². The number of nitrogens with zero attached hydrogens (tertiary/aromatic N) is 2. The molecule has 2 heterocycles. The molecule has 0 aliphatic carbocycles. The summed E-state index contributed by atoms with van der Waals surface area (Å²) >= 11 is 6.00. The largest absolute Gasteiger partial charge is 0.358 e. The van der Waals surface area contributed by atoms with E-state index in [9.17, 15) is 14.0 Å². The highest BCUT2D eigenvalue weighted by Crippen LogP contribution is 2.25. The zero-order valence-electron chi connectivity index (χ0n) is 14.7. The first-order valence-electron chi connectivity index (χ1n) is 9.01. The number of nitrogens with one attached hydrogen (secondary N) is 1. The van der Waals surface area contributed by atoms with E-state index < -0.39 is 0 Å². The molecule has 0 bridgehead atoms. The molecule has 4 rings (SSSR count). The lowest BCUT2D eigenvalue weighted by molar-refractivity contribution is -0.915. The molecule has 2 aromatic rings. The molecule has 0 saturated carbocycles. The van der Waals surface area contributed by atoms with Gasteiger partial charge in [-0.15, -0.1) is 0 Å². The van der Waals surface area contributed by atoms with Crippen molar-refractivity contribution in [1.29, 1.82) is 0 Å². The molecule has 2 aromatic carbocycles. The second kappa shape index (κ2) is 7.29. The molecule has 0 unspecified atom stereocenters. The van der Waals surface area contributed by atoms with Gasteiger partial charge in [-0.1, -0.05) is 29.8 Å². The molecule has 2 aliphatic heterocycles. The van der Waals surface area contributed by atoms with Crippen LogP contribution < -0.4 is 14.7 Å². The van der Waals surface area contributed by atoms with Crippen LogP contribution in [0.2, 0.25) is 5.02 Å². The van der Waals surface area contributed by atoms with E-state index >= 15 is 0 Å². The van der Waals surface area contributed by atoms with Crippen molar-refractivity contribution in [2.75, 3.05) is 36.0 Å². The minimum atomic E-state index is -0.390. The highest BCUT2D eigenvalue weighted by molar-refractivity contribution is 6.31. The van der Waals surface area contributed by atoms with Crippen LogP contribution in [0, 0.1) is 5.82 Å². The Labute approximate surface area is 161 Å². The number of quaternary nitrogens is 1. The van der Waals surface area contributed by atoms with Crippen LogP contribution in [-0.4, -0.2) is 44.0 Å². The summed E-state index contributed by atoms with van der Waals surface area (Å²) in [5, 5.41) is 0.488. The summed E-state index contributed by atoms with van der Waals surface area (Å²) in [6, 6.07) is 13.1. The molecular weight excluding hydrogens is 369 g/mol. The van der Waals surface area contributed by atoms with Crippen LogP contribution in [0.25, 0.3) is 0 Å². The normalized spacial score (nSPS) is 21.2. The molecule has 140 valence electrons. The van der Waals surface area contributed by atoms with Gasteiger partial charge in [-0.3, -0.25) is 9.59 Å². The van der Waals surface area contributed by atoms with E-state index in [0.29, 0.717) is 42.6 Å². The van der Waals surface area contributed by atoms with Gasteiger partial charge in [0, 0.05) is 5.02 Å². The minimum absolute atomic E-state index is 0.184. The summed E-state index contributed by atoms with van der Waals surface area (Å²) in [5.74, 6) is -0.617. The summed E-state index contributed by atoms with van der Waals surface area (Å²) in [6.07, 6.45) is 0.195.